The zero-order valence-corrected chi connectivity index (χ0v) is 11.9. The molecular formula is C15H25N3O. The lowest BCUT2D eigenvalue weighted by molar-refractivity contribution is 0.166. The van der Waals surface area contributed by atoms with Gasteiger partial charge in [-0.2, -0.15) is 0 Å². The number of aromatic nitrogens is 2. The maximum atomic E-state index is 5.25. The Kier molecular flexibility index (Phi) is 3.89. The van der Waals surface area contributed by atoms with Crippen LogP contribution in [0.1, 0.15) is 50.3 Å². The van der Waals surface area contributed by atoms with Gasteiger partial charge in [0, 0.05) is 32.5 Å². The quantitative estimate of drug-likeness (QED) is 0.857. The average Bonchev–Trinajstić information content (AvgIpc) is 3.06. The van der Waals surface area contributed by atoms with Crippen LogP contribution in [0.2, 0.25) is 0 Å². The Balaban J connectivity index is 1.66. The van der Waals surface area contributed by atoms with Gasteiger partial charge in [-0.3, -0.25) is 0 Å². The predicted molar refractivity (Wildman–Crippen MR) is 75.0 cm³/mol. The van der Waals surface area contributed by atoms with Crippen molar-refractivity contribution in [2.75, 3.05) is 20.3 Å². The lowest BCUT2D eigenvalue weighted by Crippen LogP contribution is -2.29. The molecule has 4 nitrogen and oxygen atoms in total. The summed E-state index contributed by atoms with van der Waals surface area (Å²) in [7, 11) is 1.80. The zero-order chi connectivity index (χ0) is 13.1. The van der Waals surface area contributed by atoms with Crippen LogP contribution in [-0.2, 0) is 11.3 Å². The lowest BCUT2D eigenvalue weighted by Gasteiger charge is -2.26. The van der Waals surface area contributed by atoms with Crippen molar-refractivity contribution >= 4 is 0 Å². The van der Waals surface area contributed by atoms with E-state index < -0.39 is 0 Å². The van der Waals surface area contributed by atoms with E-state index in [1.807, 2.05) is 6.33 Å². The molecule has 1 atom stereocenters. The molecular weight excluding hydrogens is 238 g/mol. The fourth-order valence-electron chi connectivity index (χ4n) is 3.20. The molecule has 1 aliphatic carbocycles. The van der Waals surface area contributed by atoms with E-state index in [0.717, 1.165) is 19.7 Å². The molecule has 1 saturated carbocycles. The van der Waals surface area contributed by atoms with Crippen molar-refractivity contribution in [2.45, 2.75) is 51.1 Å². The third kappa shape index (κ3) is 3.00. The first-order valence-corrected chi connectivity index (χ1v) is 7.55. The molecule has 4 heteroatoms. The van der Waals surface area contributed by atoms with Gasteiger partial charge >= 0.3 is 0 Å². The molecule has 3 rings (SSSR count). The summed E-state index contributed by atoms with van der Waals surface area (Å²) < 4.78 is 7.63. The maximum absolute atomic E-state index is 5.25. The molecule has 1 aromatic rings. The summed E-state index contributed by atoms with van der Waals surface area (Å²) in [5, 5.41) is 3.63. The van der Waals surface area contributed by atoms with Crippen LogP contribution < -0.4 is 5.32 Å². The summed E-state index contributed by atoms with van der Waals surface area (Å²) in [6.07, 6.45) is 11.8. The second-order valence-electron chi connectivity index (χ2n) is 6.19. The molecule has 0 aromatic carbocycles. The minimum absolute atomic E-state index is 0.486. The number of ether oxygens (including phenoxy) is 1. The maximum Gasteiger partial charge on any atom is 0.0948 e. The second kappa shape index (κ2) is 5.63. The van der Waals surface area contributed by atoms with Crippen LogP contribution >= 0.6 is 0 Å². The highest BCUT2D eigenvalue weighted by atomic mass is 16.5. The first-order chi connectivity index (χ1) is 9.33. The second-order valence-corrected chi connectivity index (χ2v) is 6.19. The average molecular weight is 263 g/mol. The molecule has 1 aromatic heterocycles. The number of rotatable bonds is 6. The van der Waals surface area contributed by atoms with Crippen molar-refractivity contribution in [2.24, 2.45) is 5.41 Å². The monoisotopic (exact) mass is 263 g/mol. The van der Waals surface area contributed by atoms with Gasteiger partial charge in [0.05, 0.1) is 12.0 Å². The normalized spacial score (nSPS) is 25.4. The summed E-state index contributed by atoms with van der Waals surface area (Å²) in [5.41, 5.74) is 1.86. The van der Waals surface area contributed by atoms with Crippen molar-refractivity contribution in [1.82, 2.24) is 14.9 Å². The van der Waals surface area contributed by atoms with E-state index in [1.165, 1.54) is 44.2 Å². The Bertz CT molecular complexity index is 405. The van der Waals surface area contributed by atoms with Crippen LogP contribution in [0, 0.1) is 5.41 Å². The molecule has 0 radical (unpaired) electrons. The first kappa shape index (κ1) is 13.1. The van der Waals surface area contributed by atoms with Gasteiger partial charge in [-0.1, -0.05) is 6.42 Å². The number of piperidine rings is 1. The van der Waals surface area contributed by atoms with E-state index in [1.54, 1.807) is 7.11 Å². The van der Waals surface area contributed by atoms with Crippen LogP contribution in [0.3, 0.4) is 0 Å². The molecule has 0 bridgehead atoms. The molecule has 2 aliphatic rings. The van der Waals surface area contributed by atoms with Gasteiger partial charge in [0.15, 0.2) is 0 Å². The van der Waals surface area contributed by atoms with E-state index >= 15 is 0 Å². The van der Waals surface area contributed by atoms with Crippen LogP contribution in [0.25, 0.3) is 0 Å². The van der Waals surface area contributed by atoms with E-state index in [0.29, 0.717) is 11.5 Å². The van der Waals surface area contributed by atoms with Crippen molar-refractivity contribution in [3.63, 3.8) is 0 Å². The number of hydrogen-bond donors (Lipinski definition) is 1. The molecule has 106 valence electrons. The molecule has 1 aliphatic heterocycles. The Morgan fingerprint density at radius 1 is 1.47 bits per heavy atom. The van der Waals surface area contributed by atoms with Crippen molar-refractivity contribution < 1.29 is 4.74 Å². The molecule has 2 heterocycles. The molecule has 1 N–H and O–H groups in total. The zero-order valence-electron chi connectivity index (χ0n) is 11.9. The minimum Gasteiger partial charge on any atom is -0.385 e. The third-order valence-corrected chi connectivity index (χ3v) is 4.71. The van der Waals surface area contributed by atoms with Gasteiger partial charge in [0.25, 0.3) is 0 Å². The molecule has 1 unspecified atom stereocenters. The number of nitrogens with zero attached hydrogens (tertiary/aromatic N) is 2. The van der Waals surface area contributed by atoms with Crippen LogP contribution in [0.4, 0.5) is 0 Å². The van der Waals surface area contributed by atoms with Crippen LogP contribution in [0.15, 0.2) is 12.5 Å². The summed E-state index contributed by atoms with van der Waals surface area (Å²) >= 11 is 0. The highest BCUT2D eigenvalue weighted by Gasteiger charge is 2.42. The molecule has 1 saturated heterocycles. The fourth-order valence-corrected chi connectivity index (χ4v) is 3.20. The van der Waals surface area contributed by atoms with E-state index in [9.17, 15) is 0 Å². The lowest BCUT2D eigenvalue weighted by atomic mass is 10.0. The Morgan fingerprint density at radius 2 is 2.37 bits per heavy atom. The number of imidazole rings is 1. The predicted octanol–water partition coefficient (Wildman–Crippen LogP) is 2.51. The highest BCUT2D eigenvalue weighted by Crippen LogP contribution is 2.50. The third-order valence-electron chi connectivity index (χ3n) is 4.71. The number of nitrogens with one attached hydrogen (secondary N) is 1. The Labute approximate surface area is 115 Å². The Morgan fingerprint density at radius 3 is 3.05 bits per heavy atom. The summed E-state index contributed by atoms with van der Waals surface area (Å²) in [6, 6.07) is 0.509. The van der Waals surface area contributed by atoms with Crippen LogP contribution in [-0.4, -0.2) is 29.8 Å². The van der Waals surface area contributed by atoms with Gasteiger partial charge in [0.2, 0.25) is 0 Å². The largest absolute Gasteiger partial charge is 0.385 e. The minimum atomic E-state index is 0.486. The number of methoxy groups -OCH3 is 1. The molecule has 0 spiro atoms. The van der Waals surface area contributed by atoms with Gasteiger partial charge in [-0.15, -0.1) is 0 Å². The SMILES string of the molecule is COCCC1(Cn2cncc2C2CCCCN2)CC1. The summed E-state index contributed by atoms with van der Waals surface area (Å²) in [5.74, 6) is 0. The van der Waals surface area contributed by atoms with Gasteiger partial charge in [-0.25, -0.2) is 4.98 Å². The smallest absolute Gasteiger partial charge is 0.0948 e. The molecule has 0 amide bonds. The van der Waals surface area contributed by atoms with Crippen LogP contribution in [0.5, 0.6) is 0 Å². The van der Waals surface area contributed by atoms with Gasteiger partial charge in [-0.05, 0) is 44.1 Å². The highest BCUT2D eigenvalue weighted by molar-refractivity contribution is 5.08. The van der Waals surface area contributed by atoms with E-state index in [4.69, 9.17) is 4.74 Å². The van der Waals surface area contributed by atoms with E-state index in [-0.39, 0.29) is 0 Å². The van der Waals surface area contributed by atoms with Crippen molar-refractivity contribution in [3.05, 3.63) is 18.2 Å². The number of hydrogen-bond acceptors (Lipinski definition) is 3. The standard InChI is InChI=1S/C15H25N3O/c1-19-9-7-15(5-6-15)11-18-12-16-10-14(18)13-4-2-3-8-17-13/h10,12-13,17H,2-9,11H2,1H3. The van der Waals surface area contributed by atoms with E-state index in [2.05, 4.69) is 21.1 Å². The van der Waals surface area contributed by atoms with Crippen molar-refractivity contribution in [1.29, 1.82) is 0 Å². The molecule has 19 heavy (non-hydrogen) atoms. The Hall–Kier alpha value is -0.870. The summed E-state index contributed by atoms with van der Waals surface area (Å²) in [4.78, 5) is 4.38. The topological polar surface area (TPSA) is 39.1 Å². The first-order valence-electron chi connectivity index (χ1n) is 7.55. The summed E-state index contributed by atoms with van der Waals surface area (Å²) in [6.45, 7) is 3.14. The van der Waals surface area contributed by atoms with Gasteiger partial charge < -0.3 is 14.6 Å². The van der Waals surface area contributed by atoms with Crippen molar-refractivity contribution in [3.8, 4) is 0 Å². The fraction of sp³-hybridized carbons (Fsp3) is 0.800. The van der Waals surface area contributed by atoms with Gasteiger partial charge in [0.1, 0.15) is 0 Å². The molecule has 2 fully saturated rings.